The summed E-state index contributed by atoms with van der Waals surface area (Å²) in [7, 11) is 0. The van der Waals surface area contributed by atoms with Gasteiger partial charge in [-0.3, -0.25) is 0 Å². The minimum atomic E-state index is -0.225. The standard InChI is InChI=1S/C11H17N3O/c1-8-3-5-10(6-4-8)14-11(15)13-9(2)7-12/h3-6,9H,7,12H2,1-2H3,(H2,13,14,15)/t9-/m1/s1. The number of amides is 2. The van der Waals surface area contributed by atoms with E-state index in [2.05, 4.69) is 10.6 Å². The third-order valence-electron chi connectivity index (χ3n) is 2.04. The summed E-state index contributed by atoms with van der Waals surface area (Å²) < 4.78 is 0. The van der Waals surface area contributed by atoms with E-state index in [-0.39, 0.29) is 12.1 Å². The molecule has 0 saturated heterocycles. The lowest BCUT2D eigenvalue weighted by Gasteiger charge is -2.12. The van der Waals surface area contributed by atoms with Gasteiger partial charge in [-0.15, -0.1) is 0 Å². The molecule has 4 heteroatoms. The van der Waals surface area contributed by atoms with Crippen molar-refractivity contribution in [2.75, 3.05) is 11.9 Å². The van der Waals surface area contributed by atoms with Crippen LogP contribution in [-0.2, 0) is 0 Å². The summed E-state index contributed by atoms with van der Waals surface area (Å²) in [6.45, 7) is 4.29. The van der Waals surface area contributed by atoms with Gasteiger partial charge in [0.25, 0.3) is 0 Å². The molecule has 1 rings (SSSR count). The van der Waals surface area contributed by atoms with Crippen molar-refractivity contribution in [2.24, 2.45) is 5.73 Å². The molecule has 1 aromatic rings. The molecule has 4 N–H and O–H groups in total. The van der Waals surface area contributed by atoms with Crippen molar-refractivity contribution in [3.63, 3.8) is 0 Å². The second kappa shape index (κ2) is 5.36. The minimum Gasteiger partial charge on any atom is -0.334 e. The summed E-state index contributed by atoms with van der Waals surface area (Å²) in [5.41, 5.74) is 7.33. The average Bonchev–Trinajstić information content (AvgIpc) is 2.21. The van der Waals surface area contributed by atoms with Crippen molar-refractivity contribution in [3.05, 3.63) is 29.8 Å². The highest BCUT2D eigenvalue weighted by Crippen LogP contribution is 2.07. The summed E-state index contributed by atoms with van der Waals surface area (Å²) in [4.78, 5) is 11.4. The van der Waals surface area contributed by atoms with E-state index in [0.717, 1.165) is 11.3 Å². The zero-order valence-corrected chi connectivity index (χ0v) is 9.08. The highest BCUT2D eigenvalue weighted by molar-refractivity contribution is 5.89. The van der Waals surface area contributed by atoms with Crippen LogP contribution in [0, 0.1) is 6.92 Å². The van der Waals surface area contributed by atoms with Gasteiger partial charge in [-0.1, -0.05) is 17.7 Å². The van der Waals surface area contributed by atoms with Crippen LogP contribution < -0.4 is 16.4 Å². The van der Waals surface area contributed by atoms with Gasteiger partial charge in [-0.25, -0.2) is 4.79 Å². The van der Waals surface area contributed by atoms with Crippen LogP contribution in [0.15, 0.2) is 24.3 Å². The molecular weight excluding hydrogens is 190 g/mol. The maximum atomic E-state index is 11.4. The smallest absolute Gasteiger partial charge is 0.319 e. The van der Waals surface area contributed by atoms with Crippen LogP contribution in [0.2, 0.25) is 0 Å². The van der Waals surface area contributed by atoms with Crippen LogP contribution >= 0.6 is 0 Å². The van der Waals surface area contributed by atoms with E-state index in [0.29, 0.717) is 6.54 Å². The third-order valence-corrected chi connectivity index (χ3v) is 2.04. The second-order valence-corrected chi connectivity index (χ2v) is 3.60. The molecule has 82 valence electrons. The van der Waals surface area contributed by atoms with E-state index >= 15 is 0 Å². The van der Waals surface area contributed by atoms with Crippen molar-refractivity contribution < 1.29 is 4.79 Å². The second-order valence-electron chi connectivity index (χ2n) is 3.60. The molecule has 0 heterocycles. The van der Waals surface area contributed by atoms with Crippen LogP contribution in [0.25, 0.3) is 0 Å². The van der Waals surface area contributed by atoms with Crippen LogP contribution in [0.1, 0.15) is 12.5 Å². The lowest BCUT2D eigenvalue weighted by Crippen LogP contribution is -2.40. The Hall–Kier alpha value is -1.55. The summed E-state index contributed by atoms with van der Waals surface area (Å²) in [6.07, 6.45) is 0. The zero-order chi connectivity index (χ0) is 11.3. The quantitative estimate of drug-likeness (QED) is 0.702. The maximum absolute atomic E-state index is 11.4. The molecule has 0 aliphatic heterocycles. The van der Waals surface area contributed by atoms with Gasteiger partial charge in [0.2, 0.25) is 0 Å². The Kier molecular flexibility index (Phi) is 4.12. The van der Waals surface area contributed by atoms with Crippen LogP contribution in [0.5, 0.6) is 0 Å². The van der Waals surface area contributed by atoms with Gasteiger partial charge in [0.05, 0.1) is 0 Å². The Bertz CT molecular complexity index is 321. The fraction of sp³-hybridized carbons (Fsp3) is 0.364. The van der Waals surface area contributed by atoms with Gasteiger partial charge in [0, 0.05) is 18.3 Å². The number of nitrogens with two attached hydrogens (primary N) is 1. The molecule has 0 aliphatic rings. The molecule has 1 aromatic carbocycles. The molecule has 0 fully saturated rings. The third kappa shape index (κ3) is 3.99. The number of carbonyl (C=O) groups is 1. The molecule has 0 aromatic heterocycles. The van der Waals surface area contributed by atoms with Gasteiger partial charge < -0.3 is 16.4 Å². The van der Waals surface area contributed by atoms with Gasteiger partial charge in [0.1, 0.15) is 0 Å². The van der Waals surface area contributed by atoms with E-state index in [4.69, 9.17) is 5.73 Å². The summed E-state index contributed by atoms with van der Waals surface area (Å²) in [6, 6.07) is 7.38. The molecule has 0 radical (unpaired) electrons. The zero-order valence-electron chi connectivity index (χ0n) is 9.08. The Morgan fingerprint density at radius 1 is 1.40 bits per heavy atom. The monoisotopic (exact) mass is 207 g/mol. The lowest BCUT2D eigenvalue weighted by atomic mass is 10.2. The van der Waals surface area contributed by atoms with Crippen LogP contribution in [0.4, 0.5) is 10.5 Å². The number of urea groups is 1. The number of benzene rings is 1. The number of carbonyl (C=O) groups excluding carboxylic acids is 1. The van der Waals surface area contributed by atoms with Crippen LogP contribution in [0.3, 0.4) is 0 Å². The molecular formula is C11H17N3O. The predicted octanol–water partition coefficient (Wildman–Crippen LogP) is 1.46. The first-order valence-corrected chi connectivity index (χ1v) is 4.96. The molecule has 2 amide bonds. The molecule has 0 unspecified atom stereocenters. The first kappa shape index (κ1) is 11.5. The normalized spacial score (nSPS) is 11.9. The summed E-state index contributed by atoms with van der Waals surface area (Å²) in [5.74, 6) is 0. The van der Waals surface area contributed by atoms with Crippen molar-refractivity contribution >= 4 is 11.7 Å². The number of nitrogens with one attached hydrogen (secondary N) is 2. The van der Waals surface area contributed by atoms with Crippen molar-refractivity contribution in [2.45, 2.75) is 19.9 Å². The predicted molar refractivity (Wildman–Crippen MR) is 61.8 cm³/mol. The summed E-state index contributed by atoms with van der Waals surface area (Å²) >= 11 is 0. The number of aryl methyl sites for hydroxylation is 1. The van der Waals surface area contributed by atoms with E-state index < -0.39 is 0 Å². The van der Waals surface area contributed by atoms with E-state index in [9.17, 15) is 4.79 Å². The lowest BCUT2D eigenvalue weighted by molar-refractivity contribution is 0.249. The fourth-order valence-electron chi connectivity index (χ4n) is 1.09. The molecule has 1 atom stereocenters. The van der Waals surface area contributed by atoms with Crippen molar-refractivity contribution in [1.29, 1.82) is 0 Å². The Morgan fingerprint density at radius 3 is 2.53 bits per heavy atom. The topological polar surface area (TPSA) is 67.2 Å². The first-order chi connectivity index (χ1) is 7.11. The minimum absolute atomic E-state index is 0.0181. The Morgan fingerprint density at radius 2 is 2.00 bits per heavy atom. The fourth-order valence-corrected chi connectivity index (χ4v) is 1.09. The first-order valence-electron chi connectivity index (χ1n) is 4.96. The van der Waals surface area contributed by atoms with Gasteiger partial charge in [0.15, 0.2) is 0 Å². The number of hydrogen-bond acceptors (Lipinski definition) is 2. The number of hydrogen-bond donors (Lipinski definition) is 3. The Balaban J connectivity index is 2.48. The van der Waals surface area contributed by atoms with E-state index in [1.165, 1.54) is 0 Å². The number of rotatable bonds is 3. The van der Waals surface area contributed by atoms with Gasteiger partial charge >= 0.3 is 6.03 Å². The van der Waals surface area contributed by atoms with Crippen LogP contribution in [-0.4, -0.2) is 18.6 Å². The molecule has 0 spiro atoms. The van der Waals surface area contributed by atoms with Gasteiger partial charge in [-0.05, 0) is 26.0 Å². The Labute approximate surface area is 89.9 Å². The molecule has 0 bridgehead atoms. The van der Waals surface area contributed by atoms with Gasteiger partial charge in [-0.2, -0.15) is 0 Å². The van der Waals surface area contributed by atoms with Crippen molar-refractivity contribution in [1.82, 2.24) is 5.32 Å². The average molecular weight is 207 g/mol. The molecule has 0 saturated carbocycles. The maximum Gasteiger partial charge on any atom is 0.319 e. The highest BCUT2D eigenvalue weighted by Gasteiger charge is 2.04. The van der Waals surface area contributed by atoms with E-state index in [1.807, 2.05) is 38.1 Å². The van der Waals surface area contributed by atoms with Crippen molar-refractivity contribution in [3.8, 4) is 0 Å². The summed E-state index contributed by atoms with van der Waals surface area (Å²) in [5, 5.41) is 5.45. The number of anilines is 1. The molecule has 15 heavy (non-hydrogen) atoms. The molecule has 4 nitrogen and oxygen atoms in total. The SMILES string of the molecule is Cc1ccc(NC(=O)N[C@H](C)CN)cc1. The molecule has 0 aliphatic carbocycles. The van der Waals surface area contributed by atoms with E-state index in [1.54, 1.807) is 0 Å². The largest absolute Gasteiger partial charge is 0.334 e. The highest BCUT2D eigenvalue weighted by atomic mass is 16.2.